The SMILES string of the molecule is C=C.C=C.[CH2+]CCC[CH2-].[CH2+]CC[CH2-]. The van der Waals surface area contributed by atoms with Crippen LogP contribution in [0.15, 0.2) is 26.3 Å². The second-order valence-corrected chi connectivity index (χ2v) is 1.77. The van der Waals surface area contributed by atoms with E-state index in [9.17, 15) is 0 Å². The van der Waals surface area contributed by atoms with Crippen molar-refractivity contribution in [3.63, 3.8) is 0 Å². The van der Waals surface area contributed by atoms with Gasteiger partial charge in [-0.3, -0.25) is 0 Å². The van der Waals surface area contributed by atoms with Crippen molar-refractivity contribution >= 4 is 0 Å². The van der Waals surface area contributed by atoms with Crippen LogP contribution in [0.4, 0.5) is 0 Å². The molecule has 0 bridgehead atoms. The van der Waals surface area contributed by atoms with Crippen molar-refractivity contribution < 1.29 is 0 Å². The minimum atomic E-state index is 0.958. The molecular formula is C13H26. The van der Waals surface area contributed by atoms with Gasteiger partial charge in [0, 0.05) is 0 Å². The van der Waals surface area contributed by atoms with E-state index in [1.807, 2.05) is 0 Å². The van der Waals surface area contributed by atoms with Gasteiger partial charge in [0.15, 0.2) is 0 Å². The molecule has 0 aromatic carbocycles. The molecule has 78 valence electrons. The van der Waals surface area contributed by atoms with Crippen molar-refractivity contribution in [2.24, 2.45) is 0 Å². The summed E-state index contributed by atoms with van der Waals surface area (Å²) in [6.45, 7) is 26.4. The molecule has 0 heterocycles. The Bertz CT molecular complexity index is 33.3. The summed E-state index contributed by atoms with van der Waals surface area (Å²) in [6, 6.07) is 0. The van der Waals surface area contributed by atoms with Crippen molar-refractivity contribution in [3.05, 3.63) is 54.0 Å². The highest BCUT2D eigenvalue weighted by Crippen LogP contribution is 1.87. The zero-order valence-corrected chi connectivity index (χ0v) is 9.19. The molecule has 0 spiro atoms. The molecule has 0 fully saturated rings. The van der Waals surface area contributed by atoms with Crippen molar-refractivity contribution in [1.29, 1.82) is 0 Å². The lowest BCUT2D eigenvalue weighted by molar-refractivity contribution is 0.864. The summed E-state index contributed by atoms with van der Waals surface area (Å²) in [5.74, 6) is 0. The summed E-state index contributed by atoms with van der Waals surface area (Å²) >= 11 is 0. The van der Waals surface area contributed by atoms with Crippen LogP contribution >= 0.6 is 0 Å². The van der Waals surface area contributed by atoms with Gasteiger partial charge in [-0.15, -0.1) is 32.7 Å². The van der Waals surface area contributed by atoms with E-state index in [2.05, 4.69) is 54.0 Å². The van der Waals surface area contributed by atoms with E-state index in [-0.39, 0.29) is 0 Å². The fourth-order valence-corrected chi connectivity index (χ4v) is 0.177. The third-order valence-electron chi connectivity index (χ3n) is 0.750. The molecule has 0 aliphatic heterocycles. The van der Waals surface area contributed by atoms with E-state index >= 15 is 0 Å². The monoisotopic (exact) mass is 182 g/mol. The third-order valence-corrected chi connectivity index (χ3v) is 0.750. The lowest BCUT2D eigenvalue weighted by Gasteiger charge is -1.81. The van der Waals surface area contributed by atoms with Crippen LogP contribution in [0.5, 0.6) is 0 Å². The molecule has 13 heavy (non-hydrogen) atoms. The highest BCUT2D eigenvalue weighted by molar-refractivity contribution is 4.41. The minimum absolute atomic E-state index is 0.958. The molecule has 0 aromatic heterocycles. The second-order valence-electron chi connectivity index (χ2n) is 1.77. The predicted molar refractivity (Wildman–Crippen MR) is 67.0 cm³/mol. The normalized spacial score (nSPS) is 6.00. The Morgan fingerprint density at radius 3 is 1.08 bits per heavy atom. The van der Waals surface area contributed by atoms with Gasteiger partial charge in [-0.25, -0.2) is 0 Å². The molecule has 0 unspecified atom stereocenters. The smallest absolute Gasteiger partial charge is 0.0826 e. The Morgan fingerprint density at radius 2 is 1.08 bits per heavy atom. The van der Waals surface area contributed by atoms with Crippen molar-refractivity contribution in [3.8, 4) is 0 Å². The van der Waals surface area contributed by atoms with Crippen LogP contribution < -0.4 is 0 Å². The lowest BCUT2D eigenvalue weighted by atomic mass is 10.3. The predicted octanol–water partition coefficient (Wildman–Crippen LogP) is 4.86. The summed E-state index contributed by atoms with van der Waals surface area (Å²) in [7, 11) is 0. The van der Waals surface area contributed by atoms with Crippen LogP contribution in [-0.4, -0.2) is 0 Å². The molecular weight excluding hydrogens is 156 g/mol. The Kier molecular flexibility index (Phi) is 115. The van der Waals surface area contributed by atoms with E-state index in [0.29, 0.717) is 0 Å². The first kappa shape index (κ1) is 22.8. The number of unbranched alkanes of at least 4 members (excludes halogenated alkanes) is 3. The Morgan fingerprint density at radius 1 is 0.769 bits per heavy atom. The van der Waals surface area contributed by atoms with E-state index in [1.54, 1.807) is 0 Å². The molecule has 0 rings (SSSR count). The fraction of sp³-hybridized carbons (Fsp3) is 0.385. The molecule has 0 aliphatic rings. The van der Waals surface area contributed by atoms with Gasteiger partial charge in [0.25, 0.3) is 0 Å². The summed E-state index contributed by atoms with van der Waals surface area (Å²) in [4.78, 5) is 0. The van der Waals surface area contributed by atoms with Crippen LogP contribution in [0.25, 0.3) is 0 Å². The van der Waals surface area contributed by atoms with E-state index in [0.717, 1.165) is 25.7 Å². The standard InChI is InChI=1S/C5H10.C4H8.2C2H4/c1-3-5-4-2;1-3-4-2;2*1-2/h1-5H2;1-4H2;2*1-2H2. The van der Waals surface area contributed by atoms with Gasteiger partial charge < -0.3 is 13.8 Å². The maximum atomic E-state index is 3.64. The van der Waals surface area contributed by atoms with E-state index < -0.39 is 0 Å². The highest BCUT2D eigenvalue weighted by Gasteiger charge is 1.69. The van der Waals surface area contributed by atoms with Crippen LogP contribution in [0, 0.1) is 27.7 Å². The van der Waals surface area contributed by atoms with Gasteiger partial charge in [0.1, 0.15) is 0 Å². The Hall–Kier alpha value is -0.780. The molecule has 0 nitrogen and oxygen atoms in total. The van der Waals surface area contributed by atoms with Crippen molar-refractivity contribution in [1.82, 2.24) is 0 Å². The minimum Gasteiger partial charge on any atom is -0.343 e. The van der Waals surface area contributed by atoms with Gasteiger partial charge in [-0.05, 0) is 6.42 Å². The summed E-state index contributed by atoms with van der Waals surface area (Å²) < 4.78 is 0. The van der Waals surface area contributed by atoms with Gasteiger partial charge in [0.05, 0.1) is 26.7 Å². The first-order chi connectivity index (χ1) is 6.33. The Balaban J connectivity index is -0.0000000457. The van der Waals surface area contributed by atoms with Crippen LogP contribution in [0.3, 0.4) is 0 Å². The number of hydrogen-bond acceptors (Lipinski definition) is 0. The van der Waals surface area contributed by atoms with Crippen LogP contribution in [0.2, 0.25) is 0 Å². The summed E-state index contributed by atoms with van der Waals surface area (Å²) in [5, 5.41) is 0. The zero-order valence-electron chi connectivity index (χ0n) is 9.19. The summed E-state index contributed by atoms with van der Waals surface area (Å²) in [6.07, 6.45) is 5.15. The van der Waals surface area contributed by atoms with Crippen LogP contribution in [0.1, 0.15) is 32.1 Å². The molecule has 0 saturated heterocycles. The van der Waals surface area contributed by atoms with E-state index in [4.69, 9.17) is 0 Å². The Labute approximate surface area is 86.8 Å². The maximum Gasteiger partial charge on any atom is 0.0826 e. The van der Waals surface area contributed by atoms with Gasteiger partial charge in [-0.1, -0.05) is 0 Å². The van der Waals surface area contributed by atoms with Crippen molar-refractivity contribution in [2.75, 3.05) is 0 Å². The van der Waals surface area contributed by atoms with E-state index in [1.165, 1.54) is 6.42 Å². The largest absolute Gasteiger partial charge is 0.343 e. The fourth-order valence-electron chi connectivity index (χ4n) is 0.177. The van der Waals surface area contributed by atoms with Gasteiger partial charge in [0.2, 0.25) is 0 Å². The average Bonchev–Trinajstić information content (AvgIpc) is 2.25. The summed E-state index contributed by atoms with van der Waals surface area (Å²) in [5.41, 5.74) is 0. The second kappa shape index (κ2) is 65.8. The molecule has 0 atom stereocenters. The quantitative estimate of drug-likeness (QED) is 0.432. The topological polar surface area (TPSA) is 0 Å². The maximum absolute atomic E-state index is 3.64. The molecule has 0 radical (unpaired) electrons. The lowest BCUT2D eigenvalue weighted by Crippen LogP contribution is -1.60. The highest BCUT2D eigenvalue weighted by atomic mass is 13.7. The molecule has 0 N–H and O–H groups in total. The average molecular weight is 182 g/mol. The molecule has 0 aromatic rings. The molecule has 0 amide bonds. The number of hydrogen-bond donors (Lipinski definition) is 0. The van der Waals surface area contributed by atoms with Crippen LogP contribution in [-0.2, 0) is 0 Å². The molecule has 0 aliphatic carbocycles. The molecule has 0 heteroatoms. The first-order valence-corrected chi connectivity index (χ1v) is 4.50. The third kappa shape index (κ3) is 194. The first-order valence-electron chi connectivity index (χ1n) is 4.50. The van der Waals surface area contributed by atoms with Gasteiger partial charge >= 0.3 is 0 Å². The van der Waals surface area contributed by atoms with Crippen molar-refractivity contribution in [2.45, 2.75) is 32.1 Å². The zero-order chi connectivity index (χ0) is 11.5. The molecule has 0 saturated carbocycles. The van der Waals surface area contributed by atoms with Gasteiger partial charge in [-0.2, -0.15) is 6.42 Å². The number of rotatable bonds is 3.